The summed E-state index contributed by atoms with van der Waals surface area (Å²) < 4.78 is 0. The summed E-state index contributed by atoms with van der Waals surface area (Å²) in [6.07, 6.45) is 1.39. The van der Waals surface area contributed by atoms with Gasteiger partial charge in [0.25, 0.3) is 5.91 Å². The molecule has 94 valence electrons. The second-order valence-corrected chi connectivity index (χ2v) is 3.99. The van der Waals surface area contributed by atoms with Crippen LogP contribution >= 0.6 is 0 Å². The number of hydrogen-bond acceptors (Lipinski definition) is 4. The summed E-state index contributed by atoms with van der Waals surface area (Å²) in [5, 5.41) is 15.9. The number of amides is 1. The number of aromatic amines is 1. The molecule has 1 aromatic heterocycles. The first-order valence-corrected chi connectivity index (χ1v) is 5.40. The highest BCUT2D eigenvalue weighted by Crippen LogP contribution is 2.18. The molecule has 0 bridgehead atoms. The maximum Gasteiger partial charge on any atom is 0.274 e. The fourth-order valence-corrected chi connectivity index (χ4v) is 1.63. The number of rotatable bonds is 3. The molecule has 0 fully saturated rings. The summed E-state index contributed by atoms with van der Waals surface area (Å²) >= 11 is 0. The summed E-state index contributed by atoms with van der Waals surface area (Å²) in [7, 11) is 1.63. The summed E-state index contributed by atoms with van der Waals surface area (Å²) in [6, 6.07) is 6.87. The number of para-hydroxylation sites is 1. The fraction of sp³-hybridized carbons (Fsp3) is 0.167. The van der Waals surface area contributed by atoms with Crippen LogP contribution in [0.5, 0.6) is 5.75 Å². The van der Waals surface area contributed by atoms with Crippen LogP contribution in [0.3, 0.4) is 0 Å². The van der Waals surface area contributed by atoms with E-state index in [1.807, 2.05) is 0 Å². The van der Waals surface area contributed by atoms with Crippen molar-refractivity contribution in [2.75, 3.05) is 12.8 Å². The molecule has 0 spiro atoms. The van der Waals surface area contributed by atoms with Gasteiger partial charge in [0, 0.05) is 19.2 Å². The maximum atomic E-state index is 12.0. The zero-order valence-electron chi connectivity index (χ0n) is 9.92. The van der Waals surface area contributed by atoms with Crippen LogP contribution < -0.4 is 5.73 Å². The molecule has 0 aliphatic heterocycles. The number of benzene rings is 1. The Morgan fingerprint density at radius 2 is 2.22 bits per heavy atom. The molecular weight excluding hydrogens is 232 g/mol. The van der Waals surface area contributed by atoms with Crippen LogP contribution in [-0.4, -0.2) is 33.2 Å². The molecule has 0 radical (unpaired) electrons. The lowest BCUT2D eigenvalue weighted by Gasteiger charge is -2.17. The predicted molar refractivity (Wildman–Crippen MR) is 66.9 cm³/mol. The Labute approximate surface area is 104 Å². The second kappa shape index (κ2) is 4.79. The summed E-state index contributed by atoms with van der Waals surface area (Å²) in [4.78, 5) is 13.5. The third-order valence-corrected chi connectivity index (χ3v) is 2.63. The predicted octanol–water partition coefficient (Wildman–Crippen LogP) is 0.970. The molecule has 0 unspecified atom stereocenters. The summed E-state index contributed by atoms with van der Waals surface area (Å²) in [6.45, 7) is 0.296. The standard InChI is InChI=1S/C12H14N4O2/c1-16(7-8-4-2-3-5-10(8)17)12(18)11-9(13)6-14-15-11/h2-6,17H,7,13H2,1H3,(H,14,15). The minimum Gasteiger partial charge on any atom is -0.508 e. The second-order valence-electron chi connectivity index (χ2n) is 3.99. The number of anilines is 1. The van der Waals surface area contributed by atoms with Crippen molar-refractivity contribution in [3.63, 3.8) is 0 Å². The Balaban J connectivity index is 2.14. The van der Waals surface area contributed by atoms with E-state index in [1.165, 1.54) is 11.1 Å². The SMILES string of the molecule is CN(Cc1ccccc1O)C(=O)c1[nH]ncc1N. The number of aromatic hydroxyl groups is 1. The van der Waals surface area contributed by atoms with E-state index >= 15 is 0 Å². The van der Waals surface area contributed by atoms with Crippen LogP contribution in [0.15, 0.2) is 30.5 Å². The van der Waals surface area contributed by atoms with E-state index in [0.717, 1.165) is 0 Å². The summed E-state index contributed by atoms with van der Waals surface area (Å²) in [5.74, 6) is -0.108. The smallest absolute Gasteiger partial charge is 0.274 e. The van der Waals surface area contributed by atoms with Crippen LogP contribution in [0.2, 0.25) is 0 Å². The molecule has 1 aromatic carbocycles. The van der Waals surface area contributed by atoms with Crippen LogP contribution in [0, 0.1) is 0 Å². The van der Waals surface area contributed by atoms with Crippen molar-refractivity contribution in [2.24, 2.45) is 0 Å². The largest absolute Gasteiger partial charge is 0.508 e. The van der Waals surface area contributed by atoms with Crippen molar-refractivity contribution in [3.8, 4) is 5.75 Å². The molecule has 6 nitrogen and oxygen atoms in total. The van der Waals surface area contributed by atoms with Gasteiger partial charge in [-0.3, -0.25) is 9.89 Å². The lowest BCUT2D eigenvalue weighted by atomic mass is 10.2. The number of nitrogens with one attached hydrogen (secondary N) is 1. The number of carbonyl (C=O) groups is 1. The fourth-order valence-electron chi connectivity index (χ4n) is 1.63. The lowest BCUT2D eigenvalue weighted by Crippen LogP contribution is -2.27. The number of H-pyrrole nitrogens is 1. The van der Waals surface area contributed by atoms with E-state index in [2.05, 4.69) is 10.2 Å². The minimum atomic E-state index is -0.270. The molecule has 1 amide bonds. The first-order valence-electron chi connectivity index (χ1n) is 5.40. The lowest BCUT2D eigenvalue weighted by molar-refractivity contribution is 0.0779. The van der Waals surface area contributed by atoms with Gasteiger partial charge in [0.1, 0.15) is 11.4 Å². The van der Waals surface area contributed by atoms with Gasteiger partial charge in [0.15, 0.2) is 0 Å². The van der Waals surface area contributed by atoms with Gasteiger partial charge in [-0.25, -0.2) is 0 Å². The molecule has 6 heteroatoms. The number of nitrogen functional groups attached to an aromatic ring is 1. The maximum absolute atomic E-state index is 12.0. The van der Waals surface area contributed by atoms with Gasteiger partial charge in [-0.05, 0) is 6.07 Å². The zero-order chi connectivity index (χ0) is 13.1. The average molecular weight is 246 g/mol. The highest BCUT2D eigenvalue weighted by atomic mass is 16.3. The molecule has 18 heavy (non-hydrogen) atoms. The van der Waals surface area contributed by atoms with Crippen LogP contribution in [0.1, 0.15) is 16.1 Å². The van der Waals surface area contributed by atoms with Gasteiger partial charge >= 0.3 is 0 Å². The van der Waals surface area contributed by atoms with Crippen molar-refractivity contribution in [1.82, 2.24) is 15.1 Å². The van der Waals surface area contributed by atoms with Crippen molar-refractivity contribution in [2.45, 2.75) is 6.54 Å². The minimum absolute atomic E-state index is 0.162. The summed E-state index contributed by atoms with van der Waals surface area (Å²) in [5.41, 5.74) is 6.85. The number of phenolic OH excluding ortho intramolecular Hbond substituents is 1. The Morgan fingerprint density at radius 1 is 1.50 bits per heavy atom. The van der Waals surface area contributed by atoms with Crippen molar-refractivity contribution >= 4 is 11.6 Å². The third-order valence-electron chi connectivity index (χ3n) is 2.63. The number of hydrogen-bond donors (Lipinski definition) is 3. The van der Waals surface area contributed by atoms with Gasteiger partial charge < -0.3 is 15.7 Å². The van der Waals surface area contributed by atoms with Gasteiger partial charge in [-0.2, -0.15) is 5.10 Å². The van der Waals surface area contributed by atoms with Crippen molar-refractivity contribution in [3.05, 3.63) is 41.7 Å². The third kappa shape index (κ3) is 2.27. The van der Waals surface area contributed by atoms with Gasteiger partial charge in [-0.1, -0.05) is 18.2 Å². The zero-order valence-corrected chi connectivity index (χ0v) is 9.92. The van der Waals surface area contributed by atoms with Crippen LogP contribution in [0.25, 0.3) is 0 Å². The van der Waals surface area contributed by atoms with E-state index in [4.69, 9.17) is 5.73 Å². The van der Waals surface area contributed by atoms with Gasteiger partial charge in [0.05, 0.1) is 11.9 Å². The van der Waals surface area contributed by atoms with E-state index < -0.39 is 0 Å². The first-order chi connectivity index (χ1) is 8.59. The molecule has 0 aliphatic rings. The van der Waals surface area contributed by atoms with E-state index in [-0.39, 0.29) is 17.4 Å². The van der Waals surface area contributed by atoms with Crippen molar-refractivity contribution in [1.29, 1.82) is 0 Å². The van der Waals surface area contributed by atoms with E-state index in [9.17, 15) is 9.90 Å². The number of carbonyl (C=O) groups excluding carboxylic acids is 1. The Morgan fingerprint density at radius 3 is 2.83 bits per heavy atom. The van der Waals surface area contributed by atoms with Crippen LogP contribution in [-0.2, 0) is 6.54 Å². The Bertz CT molecular complexity index is 565. The molecular formula is C12H14N4O2. The van der Waals surface area contributed by atoms with Crippen LogP contribution in [0.4, 0.5) is 5.69 Å². The molecule has 1 heterocycles. The molecule has 0 saturated heterocycles. The quantitative estimate of drug-likeness (QED) is 0.752. The molecule has 0 aliphatic carbocycles. The van der Waals surface area contributed by atoms with Gasteiger partial charge in [0.2, 0.25) is 0 Å². The average Bonchev–Trinajstić information content (AvgIpc) is 2.77. The number of phenols is 1. The molecule has 4 N–H and O–H groups in total. The number of nitrogens with zero attached hydrogens (tertiary/aromatic N) is 2. The normalized spacial score (nSPS) is 10.3. The molecule has 2 rings (SSSR count). The molecule has 2 aromatic rings. The Hall–Kier alpha value is -2.50. The number of nitrogens with two attached hydrogens (primary N) is 1. The topological polar surface area (TPSA) is 95.2 Å². The molecule has 0 saturated carbocycles. The highest BCUT2D eigenvalue weighted by Gasteiger charge is 2.17. The number of aromatic nitrogens is 2. The van der Waals surface area contributed by atoms with E-state index in [1.54, 1.807) is 31.3 Å². The molecule has 0 atom stereocenters. The van der Waals surface area contributed by atoms with Gasteiger partial charge in [-0.15, -0.1) is 0 Å². The van der Waals surface area contributed by atoms with E-state index in [0.29, 0.717) is 17.8 Å². The highest BCUT2D eigenvalue weighted by molar-refractivity contribution is 5.96. The van der Waals surface area contributed by atoms with Crippen molar-refractivity contribution < 1.29 is 9.90 Å². The monoisotopic (exact) mass is 246 g/mol. The Kier molecular flexibility index (Phi) is 3.18. The first kappa shape index (κ1) is 12.0.